The van der Waals surface area contributed by atoms with Crippen molar-refractivity contribution in [1.82, 2.24) is 0 Å². The van der Waals surface area contributed by atoms with Gasteiger partial charge >= 0.3 is 0 Å². The Morgan fingerprint density at radius 1 is 1.50 bits per heavy atom. The molecule has 1 nitrogen and oxygen atoms in total. The summed E-state index contributed by atoms with van der Waals surface area (Å²) in [6.45, 7) is 5.21. The Morgan fingerprint density at radius 2 is 1.88 bits per heavy atom. The van der Waals surface area contributed by atoms with Gasteiger partial charge in [0, 0.05) is 0 Å². The van der Waals surface area contributed by atoms with Crippen LogP contribution in [0.4, 0.5) is 0 Å². The lowest BCUT2D eigenvalue weighted by Crippen LogP contribution is -2.19. The summed E-state index contributed by atoms with van der Waals surface area (Å²) in [6.07, 6.45) is 0. The zero-order valence-corrected chi connectivity index (χ0v) is 6.75. The summed E-state index contributed by atoms with van der Waals surface area (Å²) >= 11 is 11.1. The van der Waals surface area contributed by atoms with E-state index in [1.54, 1.807) is 20.8 Å². The first-order valence-corrected chi connectivity index (χ1v) is 3.24. The van der Waals surface area contributed by atoms with Gasteiger partial charge in [-0.1, -0.05) is 23.2 Å². The third-order valence-corrected chi connectivity index (χ3v) is 0.621. The molecule has 3 heteroatoms. The van der Waals surface area contributed by atoms with Crippen molar-refractivity contribution in [3.05, 3.63) is 0 Å². The lowest BCUT2D eigenvalue weighted by molar-refractivity contribution is 0.0330. The molecule has 0 spiro atoms. The van der Waals surface area contributed by atoms with Gasteiger partial charge in [0.05, 0.1) is 0 Å². The van der Waals surface area contributed by atoms with Gasteiger partial charge in [-0.2, -0.15) is 0 Å². The van der Waals surface area contributed by atoms with E-state index in [9.17, 15) is 0 Å². The van der Waals surface area contributed by atoms with Crippen molar-refractivity contribution >= 4 is 23.2 Å². The fourth-order valence-corrected chi connectivity index (χ4v) is 0.788. The lowest BCUT2D eigenvalue weighted by Gasteiger charge is -2.18. The van der Waals surface area contributed by atoms with E-state index in [0.717, 1.165) is 0 Å². The molecule has 50 valence electrons. The molecule has 0 heterocycles. The predicted molar refractivity (Wildman–Crippen MR) is 36.3 cm³/mol. The Labute approximate surface area is 59.9 Å². The maximum Gasteiger partial charge on any atom is 0.138 e. The third kappa shape index (κ3) is 6.54. The first kappa shape index (κ1) is 8.54. The van der Waals surface area contributed by atoms with Crippen LogP contribution in [0.3, 0.4) is 0 Å². The average molecular weight is 157 g/mol. The Morgan fingerprint density at radius 3 is 1.88 bits per heavy atom. The second kappa shape index (κ2) is 2.90. The summed E-state index contributed by atoms with van der Waals surface area (Å²) in [5.41, 5.74) is -0.317. The number of hydrogen-bond donors (Lipinski definition) is 0. The SMILES string of the molecule is CC(Cl)OC(C)(C)Cl. The minimum Gasteiger partial charge on any atom is -0.342 e. The highest BCUT2D eigenvalue weighted by atomic mass is 35.5. The zero-order chi connectivity index (χ0) is 6.78. The molecule has 0 N–H and O–H groups in total. The number of alkyl halides is 2. The molecule has 0 rings (SSSR count). The Bertz CT molecular complexity index is 65.3. The second-order valence-corrected chi connectivity index (χ2v) is 3.55. The van der Waals surface area contributed by atoms with Gasteiger partial charge in [0.25, 0.3) is 0 Å². The molecule has 0 aliphatic rings. The maximum absolute atomic E-state index is 5.62. The van der Waals surface area contributed by atoms with Crippen molar-refractivity contribution < 1.29 is 4.74 Å². The molecule has 0 aliphatic carbocycles. The molecule has 1 unspecified atom stereocenters. The summed E-state index contributed by atoms with van der Waals surface area (Å²) in [4.78, 5) is 0. The topological polar surface area (TPSA) is 9.23 Å². The fraction of sp³-hybridized carbons (Fsp3) is 1.00. The van der Waals surface area contributed by atoms with Crippen LogP contribution in [0.25, 0.3) is 0 Å². The van der Waals surface area contributed by atoms with Crippen molar-refractivity contribution in [3.63, 3.8) is 0 Å². The van der Waals surface area contributed by atoms with Crippen LogP contribution < -0.4 is 0 Å². The summed E-state index contributed by atoms with van der Waals surface area (Å²) in [7, 11) is 0. The summed E-state index contributed by atoms with van der Waals surface area (Å²) in [5, 5.41) is -0.638. The van der Waals surface area contributed by atoms with Gasteiger partial charge in [-0.3, -0.25) is 0 Å². The largest absolute Gasteiger partial charge is 0.342 e. The number of hydrogen-bond acceptors (Lipinski definition) is 1. The molecular weight excluding hydrogens is 147 g/mol. The monoisotopic (exact) mass is 156 g/mol. The van der Waals surface area contributed by atoms with E-state index in [1.165, 1.54) is 0 Å². The molecule has 0 radical (unpaired) electrons. The smallest absolute Gasteiger partial charge is 0.138 e. The van der Waals surface area contributed by atoms with Gasteiger partial charge in [0.2, 0.25) is 0 Å². The van der Waals surface area contributed by atoms with E-state index in [2.05, 4.69) is 0 Å². The molecule has 0 aromatic heterocycles. The highest BCUT2D eigenvalue weighted by Crippen LogP contribution is 2.17. The Balaban J connectivity index is 3.39. The minimum absolute atomic E-state index is 0.317. The molecule has 0 aliphatic heterocycles. The van der Waals surface area contributed by atoms with Crippen LogP contribution in [-0.4, -0.2) is 10.6 Å². The lowest BCUT2D eigenvalue weighted by atomic mass is 10.5. The molecule has 0 aromatic carbocycles. The van der Waals surface area contributed by atoms with Crippen molar-refractivity contribution in [3.8, 4) is 0 Å². The molecule has 0 saturated heterocycles. The van der Waals surface area contributed by atoms with Crippen LogP contribution in [0.5, 0.6) is 0 Å². The van der Waals surface area contributed by atoms with Crippen LogP contribution >= 0.6 is 23.2 Å². The number of ether oxygens (including phenoxy) is 1. The molecule has 8 heavy (non-hydrogen) atoms. The quantitative estimate of drug-likeness (QED) is 0.559. The zero-order valence-electron chi connectivity index (χ0n) is 5.24. The van der Waals surface area contributed by atoms with E-state index in [1.807, 2.05) is 0 Å². The summed E-state index contributed by atoms with van der Waals surface area (Å²) < 4.78 is 4.97. The standard InChI is InChI=1S/C5H10Cl2O/c1-4(6)8-5(2,3)7/h4H,1-3H3. The average Bonchev–Trinajstić information content (AvgIpc) is 1.21. The molecule has 1 atom stereocenters. The first-order chi connectivity index (χ1) is 3.42. The number of rotatable bonds is 2. The van der Waals surface area contributed by atoms with Crippen LogP contribution in [0.1, 0.15) is 20.8 Å². The van der Waals surface area contributed by atoms with Gasteiger partial charge < -0.3 is 4.74 Å². The van der Waals surface area contributed by atoms with Gasteiger partial charge in [-0.25, -0.2) is 0 Å². The van der Waals surface area contributed by atoms with Gasteiger partial charge in [0.1, 0.15) is 10.6 Å². The third-order valence-electron chi connectivity index (χ3n) is 0.443. The second-order valence-electron chi connectivity index (χ2n) is 2.02. The van der Waals surface area contributed by atoms with Crippen molar-refractivity contribution in [2.45, 2.75) is 31.4 Å². The highest BCUT2D eigenvalue weighted by molar-refractivity contribution is 6.23. The van der Waals surface area contributed by atoms with Crippen LogP contribution in [-0.2, 0) is 4.74 Å². The molecule has 0 fully saturated rings. The first-order valence-electron chi connectivity index (χ1n) is 2.42. The summed E-state index contributed by atoms with van der Waals surface area (Å²) in [5.74, 6) is 0. The number of halogens is 2. The van der Waals surface area contributed by atoms with E-state index < -0.39 is 5.06 Å². The maximum atomic E-state index is 5.62. The highest BCUT2D eigenvalue weighted by Gasteiger charge is 2.15. The van der Waals surface area contributed by atoms with Gasteiger partial charge in [0.15, 0.2) is 0 Å². The van der Waals surface area contributed by atoms with Crippen molar-refractivity contribution in [2.24, 2.45) is 0 Å². The van der Waals surface area contributed by atoms with Gasteiger partial charge in [-0.15, -0.1) is 0 Å². The van der Waals surface area contributed by atoms with Crippen LogP contribution in [0.2, 0.25) is 0 Å². The van der Waals surface area contributed by atoms with Crippen molar-refractivity contribution in [2.75, 3.05) is 0 Å². The molecule has 0 saturated carbocycles. The van der Waals surface area contributed by atoms with E-state index in [4.69, 9.17) is 27.9 Å². The molecule has 0 bridgehead atoms. The van der Waals surface area contributed by atoms with Crippen molar-refractivity contribution in [1.29, 1.82) is 0 Å². The van der Waals surface area contributed by atoms with E-state index in [0.29, 0.717) is 0 Å². The molecule has 0 amide bonds. The molecule has 0 aromatic rings. The minimum atomic E-state index is -0.638. The summed E-state index contributed by atoms with van der Waals surface area (Å²) in [6, 6.07) is 0. The van der Waals surface area contributed by atoms with E-state index >= 15 is 0 Å². The fourth-order valence-electron chi connectivity index (χ4n) is 0.386. The Kier molecular flexibility index (Phi) is 3.10. The molecular formula is C5H10Cl2O. The normalized spacial score (nSPS) is 16.1. The van der Waals surface area contributed by atoms with Crippen LogP contribution in [0, 0.1) is 0 Å². The van der Waals surface area contributed by atoms with E-state index in [-0.39, 0.29) is 5.56 Å². The predicted octanol–water partition coefficient (Wildman–Crippen LogP) is 2.56. The van der Waals surface area contributed by atoms with Crippen LogP contribution in [0.15, 0.2) is 0 Å². The Hall–Kier alpha value is 0.540. The van der Waals surface area contributed by atoms with Gasteiger partial charge in [-0.05, 0) is 20.8 Å².